The van der Waals surface area contributed by atoms with Crippen LogP contribution in [0.1, 0.15) is 22.3 Å². The van der Waals surface area contributed by atoms with Gasteiger partial charge in [-0.15, -0.1) is 0 Å². The van der Waals surface area contributed by atoms with Crippen molar-refractivity contribution in [1.82, 2.24) is 0 Å². The molecule has 1 N–H and O–H groups in total. The zero-order valence-corrected chi connectivity index (χ0v) is 16.6. The Bertz CT molecular complexity index is 985. The zero-order valence-electron chi connectivity index (χ0n) is 15.9. The molecule has 0 unspecified atom stereocenters. The van der Waals surface area contributed by atoms with E-state index in [4.69, 9.17) is 21.1 Å². The van der Waals surface area contributed by atoms with Crippen LogP contribution in [0.2, 0.25) is 5.02 Å². The number of aryl methyl sites for hydroxylation is 1. The minimum atomic E-state index is -0.347. The van der Waals surface area contributed by atoms with Crippen molar-refractivity contribution >= 4 is 29.2 Å². The van der Waals surface area contributed by atoms with Crippen LogP contribution in [0.25, 0.3) is 0 Å². The summed E-state index contributed by atoms with van der Waals surface area (Å²) in [6.45, 7) is 0. The summed E-state index contributed by atoms with van der Waals surface area (Å²) in [5.41, 5.74) is 2.09. The van der Waals surface area contributed by atoms with Gasteiger partial charge in [0.05, 0.1) is 7.11 Å². The second-order valence-electron chi connectivity index (χ2n) is 6.31. The van der Waals surface area contributed by atoms with Crippen molar-refractivity contribution in [3.8, 4) is 11.5 Å². The molecule has 0 saturated heterocycles. The van der Waals surface area contributed by atoms with E-state index >= 15 is 0 Å². The number of nitrogens with one attached hydrogen (secondary N) is 1. The average molecular weight is 410 g/mol. The molecular weight excluding hydrogens is 390 g/mol. The lowest BCUT2D eigenvalue weighted by molar-refractivity contribution is -0.134. The van der Waals surface area contributed by atoms with Gasteiger partial charge in [0.1, 0.15) is 11.5 Å². The number of rotatable bonds is 7. The Labute approximate surface area is 174 Å². The lowest BCUT2D eigenvalue weighted by Gasteiger charge is -2.08. The number of halogens is 1. The maximum Gasteiger partial charge on any atom is 0.311 e. The molecule has 29 heavy (non-hydrogen) atoms. The Morgan fingerprint density at radius 2 is 1.62 bits per heavy atom. The Hall–Kier alpha value is -3.31. The van der Waals surface area contributed by atoms with Gasteiger partial charge >= 0.3 is 5.97 Å². The fourth-order valence-electron chi connectivity index (χ4n) is 2.67. The molecule has 0 aromatic heterocycles. The number of methoxy groups -OCH3 is 1. The number of carbonyl (C=O) groups is 2. The fourth-order valence-corrected chi connectivity index (χ4v) is 2.89. The number of anilines is 1. The van der Waals surface area contributed by atoms with Crippen molar-refractivity contribution in [1.29, 1.82) is 0 Å². The molecule has 3 rings (SSSR count). The number of hydrogen-bond acceptors (Lipinski definition) is 4. The highest BCUT2D eigenvalue weighted by atomic mass is 35.5. The van der Waals surface area contributed by atoms with Gasteiger partial charge in [0.15, 0.2) is 0 Å². The van der Waals surface area contributed by atoms with Crippen LogP contribution in [0.4, 0.5) is 5.69 Å². The highest BCUT2D eigenvalue weighted by Crippen LogP contribution is 2.18. The standard InChI is InChI=1S/C23H20ClNO4/c1-28-20-12-8-19(9-13-20)25-23(27)17-6-10-21(11-7-17)29-22(26)14-5-16-3-2-4-18(24)15-16/h2-4,6-13,15H,5,14H2,1H3,(H,25,27). The summed E-state index contributed by atoms with van der Waals surface area (Å²) in [6.07, 6.45) is 0.780. The molecular formula is C23H20ClNO4. The maximum atomic E-state index is 12.3. The van der Waals surface area contributed by atoms with Crippen LogP contribution in [0.5, 0.6) is 11.5 Å². The highest BCUT2D eigenvalue weighted by Gasteiger charge is 2.09. The van der Waals surface area contributed by atoms with Gasteiger partial charge in [-0.25, -0.2) is 0 Å². The molecule has 5 nitrogen and oxygen atoms in total. The van der Waals surface area contributed by atoms with Crippen molar-refractivity contribution in [3.05, 3.63) is 88.9 Å². The average Bonchev–Trinajstić information content (AvgIpc) is 2.73. The van der Waals surface area contributed by atoms with E-state index in [1.54, 1.807) is 61.7 Å². The van der Waals surface area contributed by atoms with E-state index in [-0.39, 0.29) is 18.3 Å². The first-order valence-electron chi connectivity index (χ1n) is 9.04. The molecule has 3 aromatic rings. The van der Waals surface area contributed by atoms with Crippen molar-refractivity contribution in [2.75, 3.05) is 12.4 Å². The normalized spacial score (nSPS) is 10.3. The molecule has 3 aromatic carbocycles. The molecule has 1 amide bonds. The molecule has 0 atom stereocenters. The van der Waals surface area contributed by atoms with Crippen molar-refractivity contribution in [2.45, 2.75) is 12.8 Å². The molecule has 148 valence electrons. The number of esters is 1. The van der Waals surface area contributed by atoms with Crippen molar-refractivity contribution < 1.29 is 19.1 Å². The molecule has 0 spiro atoms. The molecule has 0 aliphatic carbocycles. The largest absolute Gasteiger partial charge is 0.497 e. The minimum absolute atomic E-state index is 0.236. The first-order valence-corrected chi connectivity index (χ1v) is 9.42. The van der Waals surface area contributed by atoms with Gasteiger partial charge in [-0.1, -0.05) is 23.7 Å². The van der Waals surface area contributed by atoms with Crippen LogP contribution in [-0.4, -0.2) is 19.0 Å². The van der Waals surface area contributed by atoms with E-state index in [1.165, 1.54) is 0 Å². The fraction of sp³-hybridized carbons (Fsp3) is 0.130. The van der Waals surface area contributed by atoms with Crippen LogP contribution >= 0.6 is 11.6 Å². The summed E-state index contributed by atoms with van der Waals surface area (Å²) >= 11 is 5.94. The summed E-state index contributed by atoms with van der Waals surface area (Å²) < 4.78 is 10.4. The minimum Gasteiger partial charge on any atom is -0.497 e. The molecule has 6 heteroatoms. The van der Waals surface area contributed by atoms with Gasteiger partial charge in [-0.05, 0) is 72.6 Å². The van der Waals surface area contributed by atoms with Crippen LogP contribution in [0, 0.1) is 0 Å². The highest BCUT2D eigenvalue weighted by molar-refractivity contribution is 6.30. The van der Waals surface area contributed by atoms with E-state index in [0.717, 1.165) is 5.56 Å². The SMILES string of the molecule is COc1ccc(NC(=O)c2ccc(OC(=O)CCc3cccc(Cl)c3)cc2)cc1. The molecule has 0 aliphatic rings. The van der Waals surface area contributed by atoms with Gasteiger partial charge in [-0.3, -0.25) is 9.59 Å². The topological polar surface area (TPSA) is 64.6 Å². The van der Waals surface area contributed by atoms with Gasteiger partial charge in [0, 0.05) is 22.7 Å². The van der Waals surface area contributed by atoms with Crippen molar-refractivity contribution in [2.24, 2.45) is 0 Å². The number of carbonyl (C=O) groups excluding carboxylic acids is 2. The predicted octanol–water partition coefficient (Wildman–Crippen LogP) is 5.14. The van der Waals surface area contributed by atoms with Crippen molar-refractivity contribution in [3.63, 3.8) is 0 Å². The number of ether oxygens (including phenoxy) is 2. The summed E-state index contributed by atoms with van der Waals surface area (Å²) in [4.78, 5) is 24.4. The quantitative estimate of drug-likeness (QED) is 0.433. The van der Waals surface area contributed by atoms with E-state index < -0.39 is 0 Å². The second kappa shape index (κ2) is 9.75. The third kappa shape index (κ3) is 6.09. The van der Waals surface area contributed by atoms with E-state index in [9.17, 15) is 9.59 Å². The molecule has 0 saturated carbocycles. The zero-order chi connectivity index (χ0) is 20.6. The maximum absolute atomic E-state index is 12.3. The number of amides is 1. The smallest absolute Gasteiger partial charge is 0.311 e. The predicted molar refractivity (Wildman–Crippen MR) is 113 cm³/mol. The van der Waals surface area contributed by atoms with Crippen LogP contribution in [-0.2, 0) is 11.2 Å². The Kier molecular flexibility index (Phi) is 6.87. The molecule has 0 fully saturated rings. The van der Waals surface area contributed by atoms with Gasteiger partial charge in [0.2, 0.25) is 0 Å². The van der Waals surface area contributed by atoms with E-state index in [0.29, 0.717) is 34.2 Å². The van der Waals surface area contributed by atoms with Crippen LogP contribution in [0.3, 0.4) is 0 Å². The molecule has 0 radical (unpaired) electrons. The Morgan fingerprint density at radius 1 is 0.931 bits per heavy atom. The lowest BCUT2D eigenvalue weighted by Crippen LogP contribution is -2.12. The van der Waals surface area contributed by atoms with Gasteiger partial charge in [0.25, 0.3) is 5.91 Å². The molecule has 0 aliphatic heterocycles. The summed E-state index contributed by atoms with van der Waals surface area (Å²) in [7, 11) is 1.58. The summed E-state index contributed by atoms with van der Waals surface area (Å²) in [5.74, 6) is 0.501. The molecule has 0 heterocycles. The monoisotopic (exact) mass is 409 g/mol. The third-order valence-corrected chi connectivity index (χ3v) is 4.44. The Balaban J connectivity index is 1.52. The lowest BCUT2D eigenvalue weighted by atomic mass is 10.1. The number of benzene rings is 3. The Morgan fingerprint density at radius 3 is 2.28 bits per heavy atom. The first-order chi connectivity index (χ1) is 14.0. The molecule has 0 bridgehead atoms. The van der Waals surface area contributed by atoms with E-state index in [1.807, 2.05) is 18.2 Å². The third-order valence-electron chi connectivity index (χ3n) is 4.20. The summed E-state index contributed by atoms with van der Waals surface area (Å²) in [6, 6.07) is 20.8. The number of hydrogen-bond donors (Lipinski definition) is 1. The second-order valence-corrected chi connectivity index (χ2v) is 6.75. The van der Waals surface area contributed by atoms with Gasteiger partial charge in [-0.2, -0.15) is 0 Å². The first kappa shape index (κ1) is 20.4. The van der Waals surface area contributed by atoms with Crippen LogP contribution in [0.15, 0.2) is 72.8 Å². The van der Waals surface area contributed by atoms with E-state index in [2.05, 4.69) is 5.32 Å². The van der Waals surface area contributed by atoms with Crippen LogP contribution < -0.4 is 14.8 Å². The van der Waals surface area contributed by atoms with Gasteiger partial charge < -0.3 is 14.8 Å². The summed E-state index contributed by atoms with van der Waals surface area (Å²) in [5, 5.41) is 3.44.